The fourth-order valence-electron chi connectivity index (χ4n) is 6.25. The first kappa shape index (κ1) is 16.5. The van der Waals surface area contributed by atoms with Gasteiger partial charge in [0.15, 0.2) is 5.60 Å². The Kier molecular flexibility index (Phi) is 3.45. The molecule has 5 nitrogen and oxygen atoms in total. The Bertz CT molecular complexity index is 692. The predicted molar refractivity (Wildman–Crippen MR) is 92.0 cm³/mol. The van der Waals surface area contributed by atoms with Crippen LogP contribution in [0.15, 0.2) is 24.3 Å². The van der Waals surface area contributed by atoms with Crippen molar-refractivity contribution in [2.75, 3.05) is 7.11 Å². The van der Waals surface area contributed by atoms with Crippen molar-refractivity contribution in [2.45, 2.75) is 48.4 Å². The maximum Gasteiger partial charge on any atom is 0.488 e. The third-order valence-electron chi connectivity index (χ3n) is 6.99. The van der Waals surface area contributed by atoms with Gasteiger partial charge >= 0.3 is 7.12 Å². The lowest BCUT2D eigenvalue weighted by Gasteiger charge is -2.70. The molecule has 5 fully saturated rings. The first-order chi connectivity index (χ1) is 11.9. The molecular weight excluding hydrogens is 342 g/mol. The van der Waals surface area contributed by atoms with Crippen LogP contribution in [-0.2, 0) is 20.3 Å². The second kappa shape index (κ2) is 5.21. The summed E-state index contributed by atoms with van der Waals surface area (Å²) in [7, 11) is 0.101. The Balaban J connectivity index is 1.60. The second-order valence-electron chi connectivity index (χ2n) is 8.27. The predicted octanol–water partition coefficient (Wildman–Crippen LogP) is 1.68. The normalized spacial score (nSPS) is 47.1. The highest BCUT2D eigenvalue weighted by Crippen LogP contribution is 2.71. The van der Waals surface area contributed by atoms with Gasteiger partial charge in [-0.15, -0.1) is 11.6 Å². The number of hydrogen-bond acceptors (Lipinski definition) is 5. The van der Waals surface area contributed by atoms with E-state index in [9.17, 15) is 10.0 Å². The highest BCUT2D eigenvalue weighted by Gasteiger charge is 2.78. The molecule has 1 spiro atoms. The molecule has 7 heteroatoms. The van der Waals surface area contributed by atoms with Crippen molar-refractivity contribution in [1.82, 2.24) is 0 Å². The van der Waals surface area contributed by atoms with Gasteiger partial charge in [-0.3, -0.25) is 0 Å². The molecule has 5 aliphatic rings. The van der Waals surface area contributed by atoms with Gasteiger partial charge in [0, 0.05) is 17.5 Å². The smallest absolute Gasteiger partial charge is 0.423 e. The van der Waals surface area contributed by atoms with Crippen LogP contribution >= 0.6 is 11.6 Å². The van der Waals surface area contributed by atoms with Crippen LogP contribution in [0.3, 0.4) is 0 Å². The standard InChI is InChI=1S/C18H22BClO5/c1-23-18(12-3-2-4-15(7-12)19(21)22)17(24-25-18)13-5-11-6-14(17)10-16(20,8-11)9-13/h2-4,7,11,13-14,21-22H,5-6,8-10H2,1H3. The molecule has 1 aromatic carbocycles. The van der Waals surface area contributed by atoms with Gasteiger partial charge in [0.25, 0.3) is 5.79 Å². The fraction of sp³-hybridized carbons (Fsp3) is 0.667. The second-order valence-corrected chi connectivity index (χ2v) is 9.08. The minimum Gasteiger partial charge on any atom is -0.423 e. The summed E-state index contributed by atoms with van der Waals surface area (Å²) in [5, 5.41) is 19.1. The fourth-order valence-corrected chi connectivity index (χ4v) is 6.84. The SMILES string of the molecule is COC1(c2cccc(B(O)O)c2)OOC12C1CC3CC2CC(Cl)(C3)C1. The Morgan fingerprint density at radius 2 is 1.88 bits per heavy atom. The van der Waals surface area contributed by atoms with Gasteiger partial charge in [-0.1, -0.05) is 24.3 Å². The first-order valence-corrected chi connectivity index (χ1v) is 9.38. The zero-order valence-corrected chi connectivity index (χ0v) is 14.9. The summed E-state index contributed by atoms with van der Waals surface area (Å²) < 4.78 is 5.95. The molecule has 3 unspecified atom stereocenters. The summed E-state index contributed by atoms with van der Waals surface area (Å²) in [5.41, 5.74) is 0.635. The van der Waals surface area contributed by atoms with Crippen LogP contribution in [0.25, 0.3) is 0 Å². The van der Waals surface area contributed by atoms with Gasteiger partial charge in [-0.2, -0.15) is 4.89 Å². The number of halogens is 1. The molecule has 0 aromatic heterocycles. The average Bonchev–Trinajstić information content (AvgIpc) is 2.53. The van der Waals surface area contributed by atoms with Crippen LogP contribution in [0.1, 0.15) is 37.7 Å². The van der Waals surface area contributed by atoms with Gasteiger partial charge in [0.2, 0.25) is 0 Å². The van der Waals surface area contributed by atoms with E-state index < -0.39 is 18.5 Å². The van der Waals surface area contributed by atoms with Crippen LogP contribution in [0.5, 0.6) is 0 Å². The van der Waals surface area contributed by atoms with Crippen LogP contribution in [0.2, 0.25) is 0 Å². The number of methoxy groups -OCH3 is 1. The van der Waals surface area contributed by atoms with Gasteiger partial charge in [-0.25, -0.2) is 4.89 Å². The Hall–Kier alpha value is -0.625. The largest absolute Gasteiger partial charge is 0.488 e. The molecule has 25 heavy (non-hydrogen) atoms. The molecule has 4 saturated carbocycles. The maximum absolute atomic E-state index is 9.54. The van der Waals surface area contributed by atoms with Crippen molar-refractivity contribution in [1.29, 1.82) is 0 Å². The van der Waals surface area contributed by atoms with Crippen molar-refractivity contribution in [2.24, 2.45) is 17.8 Å². The van der Waals surface area contributed by atoms with Gasteiger partial charge < -0.3 is 14.8 Å². The summed E-state index contributed by atoms with van der Waals surface area (Å²) in [6, 6.07) is 7.11. The molecule has 4 bridgehead atoms. The molecule has 0 amide bonds. The Morgan fingerprint density at radius 3 is 2.40 bits per heavy atom. The third-order valence-corrected chi connectivity index (χ3v) is 7.45. The van der Waals surface area contributed by atoms with Crippen LogP contribution in [0, 0.1) is 17.8 Å². The molecule has 2 N–H and O–H groups in total. The van der Waals surface area contributed by atoms with Crippen LogP contribution in [0.4, 0.5) is 0 Å². The minimum absolute atomic E-state index is 0.108. The molecule has 4 aliphatic carbocycles. The lowest BCUT2D eigenvalue weighted by Crippen LogP contribution is -2.78. The van der Waals surface area contributed by atoms with E-state index in [0.717, 1.165) is 37.7 Å². The van der Waals surface area contributed by atoms with Crippen LogP contribution in [-0.4, -0.2) is 34.8 Å². The van der Waals surface area contributed by atoms with Crippen LogP contribution < -0.4 is 5.46 Å². The number of alkyl halides is 1. The van der Waals surface area contributed by atoms with Gasteiger partial charge in [-0.05, 0) is 55.3 Å². The average molecular weight is 365 g/mol. The number of ether oxygens (including phenoxy) is 1. The number of benzene rings is 1. The number of rotatable bonds is 3. The number of hydrogen-bond donors (Lipinski definition) is 2. The Morgan fingerprint density at radius 1 is 1.16 bits per heavy atom. The van der Waals surface area contributed by atoms with Gasteiger partial charge in [0.1, 0.15) is 0 Å². The Labute approximate surface area is 152 Å². The van der Waals surface area contributed by atoms with E-state index in [1.165, 1.54) is 0 Å². The molecule has 3 atom stereocenters. The molecule has 134 valence electrons. The van der Waals surface area contributed by atoms with Crippen molar-refractivity contribution in [3.8, 4) is 0 Å². The first-order valence-electron chi connectivity index (χ1n) is 9.00. The third kappa shape index (κ3) is 1.98. The monoisotopic (exact) mass is 364 g/mol. The zero-order chi connectivity index (χ0) is 17.4. The lowest BCUT2D eigenvalue weighted by atomic mass is 9.46. The topological polar surface area (TPSA) is 68.2 Å². The molecule has 1 heterocycles. The van der Waals surface area contributed by atoms with Crippen molar-refractivity contribution < 1.29 is 24.6 Å². The summed E-state index contributed by atoms with van der Waals surface area (Å²) in [4.78, 5) is 11.5. The molecule has 1 saturated heterocycles. The van der Waals surface area contributed by atoms with Crippen molar-refractivity contribution >= 4 is 24.2 Å². The molecule has 1 aromatic rings. The van der Waals surface area contributed by atoms with E-state index in [4.69, 9.17) is 26.1 Å². The quantitative estimate of drug-likeness (QED) is 0.485. The van der Waals surface area contributed by atoms with E-state index in [2.05, 4.69) is 0 Å². The van der Waals surface area contributed by atoms with Gasteiger partial charge in [0.05, 0.1) is 0 Å². The van der Waals surface area contributed by atoms with E-state index in [0.29, 0.717) is 11.4 Å². The minimum atomic E-state index is -1.53. The van der Waals surface area contributed by atoms with Crippen molar-refractivity contribution in [3.05, 3.63) is 29.8 Å². The lowest BCUT2D eigenvalue weighted by molar-refractivity contribution is -0.645. The van der Waals surface area contributed by atoms with E-state index in [1.807, 2.05) is 6.07 Å². The molecule has 0 radical (unpaired) electrons. The molecular formula is C18H22BClO5. The zero-order valence-electron chi connectivity index (χ0n) is 14.2. The summed E-state index contributed by atoms with van der Waals surface area (Å²) in [6.45, 7) is 0. The highest BCUT2D eigenvalue weighted by atomic mass is 35.5. The summed E-state index contributed by atoms with van der Waals surface area (Å²) in [5.74, 6) is 0.207. The van der Waals surface area contributed by atoms with E-state index in [-0.39, 0.29) is 16.7 Å². The summed E-state index contributed by atoms with van der Waals surface area (Å²) in [6.07, 6.45) is 5.10. The van der Waals surface area contributed by atoms with E-state index >= 15 is 0 Å². The summed E-state index contributed by atoms with van der Waals surface area (Å²) >= 11 is 6.89. The molecule has 1 aliphatic heterocycles. The van der Waals surface area contributed by atoms with E-state index in [1.54, 1.807) is 25.3 Å². The van der Waals surface area contributed by atoms with Crippen molar-refractivity contribution in [3.63, 3.8) is 0 Å². The highest BCUT2D eigenvalue weighted by molar-refractivity contribution is 6.58. The molecule has 6 rings (SSSR count). The maximum atomic E-state index is 9.54.